The molecule has 0 saturated carbocycles. The second-order valence-electron chi connectivity index (χ2n) is 5.83. The van der Waals surface area contributed by atoms with Crippen molar-refractivity contribution in [3.63, 3.8) is 0 Å². The van der Waals surface area contributed by atoms with Gasteiger partial charge in [0.15, 0.2) is 0 Å². The predicted octanol–water partition coefficient (Wildman–Crippen LogP) is 3.16. The molecule has 2 aromatic rings. The Hall–Kier alpha value is -1.47. The third-order valence-electron chi connectivity index (χ3n) is 4.33. The molecule has 0 aromatic heterocycles. The Kier molecular flexibility index (Phi) is 4.92. The molecular formula is C17H18ClFN2O2S. The van der Waals surface area contributed by atoms with Gasteiger partial charge in [0.05, 0.1) is 10.9 Å². The van der Waals surface area contributed by atoms with E-state index in [4.69, 9.17) is 11.6 Å². The van der Waals surface area contributed by atoms with Gasteiger partial charge in [-0.1, -0.05) is 29.8 Å². The number of benzene rings is 2. The molecule has 0 amide bonds. The van der Waals surface area contributed by atoms with Gasteiger partial charge in [-0.05, 0) is 37.4 Å². The Balaban J connectivity index is 1.90. The molecule has 0 spiro atoms. The van der Waals surface area contributed by atoms with E-state index in [1.165, 1.54) is 22.5 Å². The lowest BCUT2D eigenvalue weighted by Gasteiger charge is -2.39. The molecule has 128 valence electrons. The third kappa shape index (κ3) is 3.32. The van der Waals surface area contributed by atoms with Crippen LogP contribution in [-0.2, 0) is 10.0 Å². The Labute approximate surface area is 146 Å². The lowest BCUT2D eigenvalue weighted by molar-refractivity contribution is 0.145. The molecule has 0 N–H and O–H groups in total. The second kappa shape index (κ2) is 6.80. The van der Waals surface area contributed by atoms with Crippen LogP contribution in [0.3, 0.4) is 0 Å². The fourth-order valence-corrected chi connectivity index (χ4v) is 4.47. The highest BCUT2D eigenvalue weighted by atomic mass is 35.5. The standard InChI is InChI=1S/C17H18ClFN2O2S/c1-20-10-11-21(12-17(20)15-4-2-3-5-16(15)19)24(22,23)14-8-6-13(18)7-9-14/h2-9,17H,10-12H2,1H3. The number of rotatable bonds is 3. The van der Waals surface area contributed by atoms with Gasteiger partial charge >= 0.3 is 0 Å². The van der Waals surface area contributed by atoms with E-state index in [0.29, 0.717) is 23.7 Å². The van der Waals surface area contributed by atoms with Gasteiger partial charge in [-0.2, -0.15) is 4.31 Å². The molecule has 2 aromatic carbocycles. The van der Waals surface area contributed by atoms with Crippen molar-refractivity contribution in [2.75, 3.05) is 26.7 Å². The molecule has 1 atom stereocenters. The van der Waals surface area contributed by atoms with Crippen molar-refractivity contribution in [2.45, 2.75) is 10.9 Å². The van der Waals surface area contributed by atoms with Gasteiger partial charge in [0, 0.05) is 30.2 Å². The van der Waals surface area contributed by atoms with E-state index in [1.54, 1.807) is 30.3 Å². The minimum absolute atomic E-state index is 0.198. The van der Waals surface area contributed by atoms with Crippen molar-refractivity contribution in [3.05, 3.63) is 64.9 Å². The van der Waals surface area contributed by atoms with Gasteiger partial charge in [-0.15, -0.1) is 0 Å². The largest absolute Gasteiger partial charge is 0.297 e. The summed E-state index contributed by atoms with van der Waals surface area (Å²) in [6, 6.07) is 12.3. The van der Waals surface area contributed by atoms with Crippen LogP contribution in [0, 0.1) is 5.82 Å². The van der Waals surface area contributed by atoms with Crippen LogP contribution < -0.4 is 0 Å². The molecule has 7 heteroatoms. The molecule has 1 fully saturated rings. The first-order valence-corrected chi connectivity index (χ1v) is 9.42. The van der Waals surface area contributed by atoms with Crippen LogP contribution in [0.1, 0.15) is 11.6 Å². The summed E-state index contributed by atoms with van der Waals surface area (Å²) in [5.41, 5.74) is 0.510. The van der Waals surface area contributed by atoms with Crippen LogP contribution in [0.2, 0.25) is 5.02 Å². The normalized spacial score (nSPS) is 20.2. The SMILES string of the molecule is CN1CCN(S(=O)(=O)c2ccc(Cl)cc2)CC1c1ccccc1F. The summed E-state index contributed by atoms with van der Waals surface area (Å²) in [5, 5.41) is 0.483. The topological polar surface area (TPSA) is 40.6 Å². The quantitative estimate of drug-likeness (QED) is 0.835. The molecule has 1 aliphatic rings. The minimum atomic E-state index is -3.63. The van der Waals surface area contributed by atoms with Crippen molar-refractivity contribution >= 4 is 21.6 Å². The maximum Gasteiger partial charge on any atom is 0.243 e. The van der Waals surface area contributed by atoms with Gasteiger partial charge in [-0.25, -0.2) is 12.8 Å². The molecule has 0 radical (unpaired) electrons. The van der Waals surface area contributed by atoms with Gasteiger partial charge in [0.2, 0.25) is 10.0 Å². The fraction of sp³-hybridized carbons (Fsp3) is 0.294. The molecule has 1 saturated heterocycles. The van der Waals surface area contributed by atoms with Gasteiger partial charge in [0.1, 0.15) is 5.82 Å². The average molecular weight is 369 g/mol. The molecule has 1 aliphatic heterocycles. The first kappa shape index (κ1) is 17.4. The van der Waals surface area contributed by atoms with Crippen molar-refractivity contribution in [2.24, 2.45) is 0 Å². The lowest BCUT2D eigenvalue weighted by Crippen LogP contribution is -2.49. The number of hydrogen-bond acceptors (Lipinski definition) is 3. The number of sulfonamides is 1. The van der Waals surface area contributed by atoms with Crippen LogP contribution in [0.25, 0.3) is 0 Å². The highest BCUT2D eigenvalue weighted by Gasteiger charge is 2.34. The summed E-state index contributed by atoms with van der Waals surface area (Å²) < 4.78 is 41.2. The summed E-state index contributed by atoms with van der Waals surface area (Å²) in [6.45, 7) is 1.11. The molecule has 4 nitrogen and oxygen atoms in total. The number of likely N-dealkylation sites (N-methyl/N-ethyl adjacent to an activating group) is 1. The molecule has 1 heterocycles. The van der Waals surface area contributed by atoms with Gasteiger partial charge < -0.3 is 0 Å². The van der Waals surface area contributed by atoms with Crippen LogP contribution in [-0.4, -0.2) is 44.3 Å². The van der Waals surface area contributed by atoms with E-state index in [9.17, 15) is 12.8 Å². The van der Waals surface area contributed by atoms with Gasteiger partial charge in [-0.3, -0.25) is 4.90 Å². The number of hydrogen-bond donors (Lipinski definition) is 0. The van der Waals surface area contributed by atoms with Crippen LogP contribution in [0.4, 0.5) is 4.39 Å². The van der Waals surface area contributed by atoms with E-state index in [2.05, 4.69) is 0 Å². The monoisotopic (exact) mass is 368 g/mol. The molecule has 0 bridgehead atoms. The zero-order chi connectivity index (χ0) is 17.3. The summed E-state index contributed by atoms with van der Waals surface area (Å²) in [5.74, 6) is -0.319. The Morgan fingerprint density at radius 3 is 2.42 bits per heavy atom. The Morgan fingerprint density at radius 1 is 1.08 bits per heavy atom. The van der Waals surface area contributed by atoms with Crippen LogP contribution in [0.15, 0.2) is 53.4 Å². The summed E-state index contributed by atoms with van der Waals surface area (Å²) in [4.78, 5) is 2.18. The van der Waals surface area contributed by atoms with E-state index >= 15 is 0 Å². The number of nitrogens with zero attached hydrogens (tertiary/aromatic N) is 2. The summed E-state index contributed by atoms with van der Waals surface area (Å²) >= 11 is 5.83. The fourth-order valence-electron chi connectivity index (χ4n) is 2.90. The maximum absolute atomic E-state index is 14.1. The molecule has 24 heavy (non-hydrogen) atoms. The number of piperazine rings is 1. The van der Waals surface area contributed by atoms with Crippen molar-refractivity contribution in [1.29, 1.82) is 0 Å². The average Bonchev–Trinajstić information content (AvgIpc) is 2.56. The van der Waals surface area contributed by atoms with E-state index in [0.717, 1.165) is 0 Å². The summed E-state index contributed by atoms with van der Waals surface area (Å²) in [6.07, 6.45) is 0. The lowest BCUT2D eigenvalue weighted by atomic mass is 10.0. The van der Waals surface area contributed by atoms with Crippen LogP contribution >= 0.6 is 11.6 Å². The first-order valence-electron chi connectivity index (χ1n) is 7.60. The maximum atomic E-state index is 14.1. The zero-order valence-corrected chi connectivity index (χ0v) is 14.8. The highest BCUT2D eigenvalue weighted by molar-refractivity contribution is 7.89. The zero-order valence-electron chi connectivity index (χ0n) is 13.2. The molecule has 3 rings (SSSR count). The molecule has 0 aliphatic carbocycles. The number of halogens is 2. The second-order valence-corrected chi connectivity index (χ2v) is 8.21. The van der Waals surface area contributed by atoms with Crippen LogP contribution in [0.5, 0.6) is 0 Å². The van der Waals surface area contributed by atoms with Crippen molar-refractivity contribution in [1.82, 2.24) is 9.21 Å². The third-order valence-corrected chi connectivity index (χ3v) is 6.46. The van der Waals surface area contributed by atoms with E-state index < -0.39 is 10.0 Å². The van der Waals surface area contributed by atoms with Gasteiger partial charge in [0.25, 0.3) is 0 Å². The summed E-state index contributed by atoms with van der Waals surface area (Å²) in [7, 11) is -1.75. The van der Waals surface area contributed by atoms with E-state index in [1.807, 2.05) is 11.9 Å². The first-order chi connectivity index (χ1) is 11.4. The predicted molar refractivity (Wildman–Crippen MR) is 92.0 cm³/mol. The Morgan fingerprint density at radius 2 is 1.75 bits per heavy atom. The smallest absolute Gasteiger partial charge is 0.243 e. The van der Waals surface area contributed by atoms with E-state index in [-0.39, 0.29) is 23.3 Å². The van der Waals surface area contributed by atoms with Crippen molar-refractivity contribution < 1.29 is 12.8 Å². The Bertz CT molecular complexity index is 827. The minimum Gasteiger partial charge on any atom is -0.297 e. The molecule has 1 unspecified atom stereocenters. The highest BCUT2D eigenvalue weighted by Crippen LogP contribution is 2.29. The molecular weight excluding hydrogens is 351 g/mol. The van der Waals surface area contributed by atoms with Crippen molar-refractivity contribution in [3.8, 4) is 0 Å².